The molecule has 1 aromatic carbocycles. The molecule has 1 aliphatic rings. The smallest absolute Gasteiger partial charge is 0.217 e. The summed E-state index contributed by atoms with van der Waals surface area (Å²) in [5, 5.41) is 15.0. The highest BCUT2D eigenvalue weighted by atomic mass is 16.5. The first-order valence-electron chi connectivity index (χ1n) is 11.2. The van der Waals surface area contributed by atoms with Gasteiger partial charge in [0.25, 0.3) is 0 Å². The number of aromatic nitrogens is 5. The molecule has 1 aliphatic heterocycles. The SMILES string of the molecule is COc1cc2c(cc1OC)CN(CCn1ncc(-c3nc(-c4ccco4)n[nH]3)c1NN=N)C(C)C2. The van der Waals surface area contributed by atoms with E-state index in [-0.39, 0.29) is 0 Å². The topological polar surface area (TPSA) is 142 Å². The van der Waals surface area contributed by atoms with Gasteiger partial charge in [-0.1, -0.05) is 5.22 Å². The minimum Gasteiger partial charge on any atom is -0.493 e. The monoisotopic (exact) mass is 477 g/mol. The molecule has 12 nitrogen and oxygen atoms in total. The second-order valence-corrected chi connectivity index (χ2v) is 8.34. The third-order valence-electron chi connectivity index (χ3n) is 6.30. The summed E-state index contributed by atoms with van der Waals surface area (Å²) >= 11 is 0. The van der Waals surface area contributed by atoms with Crippen molar-refractivity contribution in [3.8, 4) is 34.5 Å². The zero-order chi connectivity index (χ0) is 24.4. The van der Waals surface area contributed by atoms with E-state index in [1.807, 2.05) is 0 Å². The van der Waals surface area contributed by atoms with E-state index in [1.165, 1.54) is 11.1 Å². The van der Waals surface area contributed by atoms with Crippen molar-refractivity contribution in [2.24, 2.45) is 5.22 Å². The first kappa shape index (κ1) is 22.6. The lowest BCUT2D eigenvalue weighted by Crippen LogP contribution is -2.40. The Morgan fingerprint density at radius 1 is 1.23 bits per heavy atom. The second kappa shape index (κ2) is 9.58. The molecule has 5 rings (SSSR count). The normalized spacial score (nSPS) is 15.6. The molecule has 0 amide bonds. The van der Waals surface area contributed by atoms with Gasteiger partial charge in [0, 0.05) is 19.1 Å². The highest BCUT2D eigenvalue weighted by Crippen LogP contribution is 2.35. The van der Waals surface area contributed by atoms with E-state index in [2.05, 4.69) is 54.9 Å². The number of ether oxygens (including phenoxy) is 2. The number of hydrogen-bond acceptors (Lipinski definition) is 9. The van der Waals surface area contributed by atoms with Crippen LogP contribution in [0.1, 0.15) is 18.1 Å². The van der Waals surface area contributed by atoms with E-state index < -0.39 is 0 Å². The number of fused-ring (bicyclic) bond motifs is 1. The summed E-state index contributed by atoms with van der Waals surface area (Å²) < 4.78 is 18.1. The van der Waals surface area contributed by atoms with E-state index in [9.17, 15) is 0 Å². The molecule has 1 unspecified atom stereocenters. The maximum absolute atomic E-state index is 7.35. The highest BCUT2D eigenvalue weighted by Gasteiger charge is 2.25. The number of hydrogen-bond donors (Lipinski definition) is 3. The van der Waals surface area contributed by atoms with Crippen molar-refractivity contribution in [2.75, 3.05) is 26.2 Å². The Morgan fingerprint density at radius 2 is 2.03 bits per heavy atom. The first-order valence-corrected chi connectivity index (χ1v) is 11.2. The number of benzene rings is 1. The standard InChI is InChI=1S/C23H27N9O3/c1-14-9-15-10-19(33-2)20(34-3)11-16(15)13-31(14)6-7-32-23(29-30-24)17(12-25-32)21-26-22(28-27-21)18-5-4-8-35-18/h4-5,8,10-12,14H,6-7,9,13H2,1-3H3,(H2,24,29)(H,26,27,28). The molecule has 3 N–H and O–H groups in total. The first-order chi connectivity index (χ1) is 17.1. The van der Waals surface area contributed by atoms with Crippen LogP contribution in [-0.2, 0) is 19.5 Å². The van der Waals surface area contributed by atoms with Crippen molar-refractivity contribution >= 4 is 5.82 Å². The molecule has 12 heteroatoms. The number of aromatic amines is 1. The fourth-order valence-corrected chi connectivity index (χ4v) is 4.44. The zero-order valence-corrected chi connectivity index (χ0v) is 19.8. The third-order valence-corrected chi connectivity index (χ3v) is 6.30. The molecule has 3 aromatic heterocycles. The number of nitrogens with zero attached hydrogens (tertiary/aromatic N) is 6. The van der Waals surface area contributed by atoms with E-state index in [0.29, 0.717) is 41.4 Å². The summed E-state index contributed by atoms with van der Waals surface area (Å²) in [4.78, 5) is 6.91. The van der Waals surface area contributed by atoms with Crippen LogP contribution < -0.4 is 14.9 Å². The van der Waals surface area contributed by atoms with Gasteiger partial charge in [-0.15, -0.1) is 5.10 Å². The average molecular weight is 478 g/mol. The van der Waals surface area contributed by atoms with Crippen molar-refractivity contribution in [3.05, 3.63) is 47.9 Å². The lowest BCUT2D eigenvalue weighted by molar-refractivity contribution is 0.174. The molecule has 182 valence electrons. The number of anilines is 1. The molecule has 0 radical (unpaired) electrons. The van der Waals surface area contributed by atoms with Gasteiger partial charge in [-0.25, -0.2) is 15.1 Å². The minimum atomic E-state index is 0.345. The molecule has 0 bridgehead atoms. The van der Waals surface area contributed by atoms with Crippen LogP contribution in [0.15, 0.2) is 46.4 Å². The van der Waals surface area contributed by atoms with Crippen LogP contribution in [-0.4, -0.2) is 56.7 Å². The van der Waals surface area contributed by atoms with Gasteiger partial charge >= 0.3 is 0 Å². The summed E-state index contributed by atoms with van der Waals surface area (Å²) in [5.41, 5.74) is 13.3. The van der Waals surface area contributed by atoms with Crippen LogP contribution in [0.2, 0.25) is 0 Å². The molecule has 0 saturated heterocycles. The van der Waals surface area contributed by atoms with Gasteiger partial charge in [0.2, 0.25) is 5.82 Å². The predicted octanol–water partition coefficient (Wildman–Crippen LogP) is 3.75. The third kappa shape index (κ3) is 4.35. The quantitative estimate of drug-likeness (QED) is 0.244. The van der Waals surface area contributed by atoms with Gasteiger partial charge in [-0.2, -0.15) is 10.6 Å². The number of H-pyrrole nitrogens is 1. The molecule has 0 spiro atoms. The van der Waals surface area contributed by atoms with E-state index in [1.54, 1.807) is 43.5 Å². The highest BCUT2D eigenvalue weighted by molar-refractivity contribution is 5.70. The number of furan rings is 1. The Kier molecular flexibility index (Phi) is 6.19. The predicted molar refractivity (Wildman–Crippen MR) is 127 cm³/mol. The maximum Gasteiger partial charge on any atom is 0.217 e. The average Bonchev–Trinajstić information content (AvgIpc) is 3.63. The molecular formula is C23H27N9O3. The lowest BCUT2D eigenvalue weighted by Gasteiger charge is -2.35. The van der Waals surface area contributed by atoms with Gasteiger partial charge in [-0.3, -0.25) is 10.00 Å². The summed E-state index contributed by atoms with van der Waals surface area (Å²) in [6, 6.07) is 8.05. The molecule has 4 aromatic rings. The Bertz CT molecular complexity index is 1310. The van der Waals surface area contributed by atoms with Gasteiger partial charge in [0.1, 0.15) is 0 Å². The van der Waals surface area contributed by atoms with E-state index in [4.69, 9.17) is 19.4 Å². The molecular weight excluding hydrogens is 450 g/mol. The zero-order valence-electron chi connectivity index (χ0n) is 19.8. The molecule has 1 atom stereocenters. The molecule has 0 fully saturated rings. The summed E-state index contributed by atoms with van der Waals surface area (Å²) in [7, 11) is 3.31. The largest absolute Gasteiger partial charge is 0.493 e. The Labute approximate surface area is 201 Å². The van der Waals surface area contributed by atoms with Crippen LogP contribution in [0, 0.1) is 5.53 Å². The van der Waals surface area contributed by atoms with Gasteiger partial charge in [0.15, 0.2) is 28.9 Å². The lowest BCUT2D eigenvalue weighted by atomic mass is 9.94. The maximum atomic E-state index is 7.35. The van der Waals surface area contributed by atoms with E-state index >= 15 is 0 Å². The molecule has 4 heterocycles. The van der Waals surface area contributed by atoms with Crippen molar-refractivity contribution in [2.45, 2.75) is 32.5 Å². The summed E-state index contributed by atoms with van der Waals surface area (Å²) in [6.45, 7) is 4.38. The second-order valence-electron chi connectivity index (χ2n) is 8.34. The Morgan fingerprint density at radius 3 is 2.74 bits per heavy atom. The summed E-state index contributed by atoms with van der Waals surface area (Å²) in [5.74, 6) is 3.58. The van der Waals surface area contributed by atoms with Crippen LogP contribution in [0.4, 0.5) is 5.82 Å². The van der Waals surface area contributed by atoms with Crippen LogP contribution in [0.25, 0.3) is 23.0 Å². The van der Waals surface area contributed by atoms with Gasteiger partial charge in [-0.05, 0) is 48.7 Å². The van der Waals surface area contributed by atoms with Crippen molar-refractivity contribution in [1.29, 1.82) is 5.53 Å². The fraction of sp³-hybridized carbons (Fsp3) is 0.348. The van der Waals surface area contributed by atoms with E-state index in [0.717, 1.165) is 31.0 Å². The van der Waals surface area contributed by atoms with Crippen LogP contribution in [0.5, 0.6) is 11.5 Å². The Balaban J connectivity index is 1.34. The fourth-order valence-electron chi connectivity index (χ4n) is 4.44. The minimum absolute atomic E-state index is 0.345. The van der Waals surface area contributed by atoms with Crippen LogP contribution >= 0.6 is 0 Å². The number of rotatable bonds is 9. The van der Waals surface area contributed by atoms with Crippen molar-refractivity contribution in [1.82, 2.24) is 29.9 Å². The van der Waals surface area contributed by atoms with Crippen molar-refractivity contribution in [3.63, 3.8) is 0 Å². The molecule has 0 saturated carbocycles. The Hall–Kier alpha value is -4.19. The number of nitrogens with one attached hydrogen (secondary N) is 3. The summed E-state index contributed by atoms with van der Waals surface area (Å²) in [6.07, 6.45) is 4.18. The molecule has 0 aliphatic carbocycles. The van der Waals surface area contributed by atoms with Crippen molar-refractivity contribution < 1.29 is 13.9 Å². The number of methoxy groups -OCH3 is 2. The van der Waals surface area contributed by atoms with Gasteiger partial charge < -0.3 is 13.9 Å². The van der Waals surface area contributed by atoms with Crippen LogP contribution in [0.3, 0.4) is 0 Å². The van der Waals surface area contributed by atoms with Gasteiger partial charge in [0.05, 0.1) is 38.8 Å². The molecule has 35 heavy (non-hydrogen) atoms.